The van der Waals surface area contributed by atoms with E-state index in [0.29, 0.717) is 12.1 Å². The molecule has 0 unspecified atom stereocenters. The molecular weight excluding hydrogens is 334 g/mol. The van der Waals surface area contributed by atoms with E-state index in [9.17, 15) is 14.4 Å². The number of amides is 1. The van der Waals surface area contributed by atoms with Crippen molar-refractivity contribution in [3.63, 3.8) is 0 Å². The molecule has 6 heteroatoms. The lowest BCUT2D eigenvalue weighted by atomic mass is 9.99. The zero-order valence-electron chi connectivity index (χ0n) is 14.3. The monoisotopic (exact) mass is 353 g/mol. The van der Waals surface area contributed by atoms with E-state index in [4.69, 9.17) is 9.47 Å². The fourth-order valence-corrected chi connectivity index (χ4v) is 2.70. The van der Waals surface area contributed by atoms with Crippen LogP contribution in [0.3, 0.4) is 0 Å². The number of rotatable bonds is 5. The molecule has 1 aliphatic heterocycles. The predicted octanol–water partition coefficient (Wildman–Crippen LogP) is 2.02. The van der Waals surface area contributed by atoms with Gasteiger partial charge in [-0.15, -0.1) is 0 Å². The first-order valence-corrected chi connectivity index (χ1v) is 8.35. The van der Waals surface area contributed by atoms with Crippen molar-refractivity contribution in [3.8, 4) is 0 Å². The van der Waals surface area contributed by atoms with Gasteiger partial charge in [0.2, 0.25) is 6.10 Å². The van der Waals surface area contributed by atoms with Gasteiger partial charge in [-0.25, -0.2) is 9.59 Å². The maximum absolute atomic E-state index is 12.3. The molecule has 0 bridgehead atoms. The van der Waals surface area contributed by atoms with E-state index in [1.54, 1.807) is 24.3 Å². The minimum Gasteiger partial charge on any atom is -0.450 e. The third-order valence-corrected chi connectivity index (χ3v) is 4.13. The van der Waals surface area contributed by atoms with Crippen molar-refractivity contribution in [1.29, 1.82) is 0 Å². The van der Waals surface area contributed by atoms with E-state index in [2.05, 4.69) is 5.32 Å². The zero-order chi connectivity index (χ0) is 18.5. The van der Waals surface area contributed by atoms with E-state index >= 15 is 0 Å². The maximum atomic E-state index is 12.3. The van der Waals surface area contributed by atoms with E-state index in [1.807, 2.05) is 30.3 Å². The van der Waals surface area contributed by atoms with Crippen molar-refractivity contribution in [2.45, 2.75) is 32.1 Å². The van der Waals surface area contributed by atoms with Gasteiger partial charge in [0.15, 0.2) is 6.10 Å². The number of nitrogens with one attached hydrogen (secondary N) is 1. The lowest BCUT2D eigenvalue weighted by Gasteiger charge is -2.24. The molecule has 2 aromatic rings. The summed E-state index contributed by atoms with van der Waals surface area (Å²) in [5.41, 5.74) is 2.12. The molecule has 0 aromatic heterocycles. The second kappa shape index (κ2) is 7.82. The highest BCUT2D eigenvalue weighted by atomic mass is 16.6. The number of hydrogen-bond acceptors (Lipinski definition) is 5. The Morgan fingerprint density at radius 1 is 1.15 bits per heavy atom. The molecule has 0 radical (unpaired) electrons. The number of ether oxygens (including phenoxy) is 2. The summed E-state index contributed by atoms with van der Waals surface area (Å²) in [6, 6.07) is 16.4. The topological polar surface area (TPSA) is 81.7 Å². The Morgan fingerprint density at radius 2 is 1.85 bits per heavy atom. The van der Waals surface area contributed by atoms with Crippen molar-refractivity contribution in [1.82, 2.24) is 5.32 Å². The lowest BCUT2D eigenvalue weighted by molar-refractivity contribution is -0.163. The molecule has 0 aliphatic carbocycles. The van der Waals surface area contributed by atoms with E-state index in [1.165, 1.54) is 6.92 Å². The van der Waals surface area contributed by atoms with E-state index in [0.717, 1.165) is 11.1 Å². The highest BCUT2D eigenvalue weighted by Gasteiger charge is 2.33. The van der Waals surface area contributed by atoms with Crippen molar-refractivity contribution in [2.24, 2.45) is 0 Å². The molecule has 1 amide bonds. The molecule has 26 heavy (non-hydrogen) atoms. The van der Waals surface area contributed by atoms with Crippen LogP contribution in [0.5, 0.6) is 0 Å². The third-order valence-electron chi connectivity index (χ3n) is 4.13. The quantitative estimate of drug-likeness (QED) is 0.832. The molecule has 0 spiro atoms. The normalized spacial score (nSPS) is 16.8. The van der Waals surface area contributed by atoms with Crippen LogP contribution in [0.1, 0.15) is 28.4 Å². The fourth-order valence-electron chi connectivity index (χ4n) is 2.70. The number of carbonyl (C=O) groups excluding carboxylic acids is 3. The van der Waals surface area contributed by atoms with Crippen molar-refractivity contribution < 1.29 is 23.9 Å². The summed E-state index contributed by atoms with van der Waals surface area (Å²) in [5.74, 6) is -1.70. The van der Waals surface area contributed by atoms with Gasteiger partial charge < -0.3 is 14.8 Å². The molecule has 1 aliphatic rings. The second-order valence-corrected chi connectivity index (χ2v) is 6.04. The van der Waals surface area contributed by atoms with Gasteiger partial charge >= 0.3 is 11.9 Å². The molecular formula is C20H19NO5. The standard InChI is InChI=1S/C20H19NO5/c1-13(18(22)21-12-14-7-3-2-4-8-14)25-20(24)17-11-15-9-5-6-10-16(15)19(23)26-17/h2-10,13,17H,11-12H2,1H3,(H,21,22)/t13-,17+/m0/s1. The first-order chi connectivity index (χ1) is 12.5. The lowest BCUT2D eigenvalue weighted by Crippen LogP contribution is -2.41. The molecule has 2 aromatic carbocycles. The first-order valence-electron chi connectivity index (χ1n) is 8.35. The van der Waals surface area contributed by atoms with Crippen molar-refractivity contribution >= 4 is 17.8 Å². The molecule has 6 nitrogen and oxygen atoms in total. The highest BCUT2D eigenvalue weighted by Crippen LogP contribution is 2.21. The summed E-state index contributed by atoms with van der Waals surface area (Å²) in [7, 11) is 0. The Balaban J connectivity index is 1.54. The van der Waals surface area contributed by atoms with Gasteiger partial charge in [0.1, 0.15) is 0 Å². The van der Waals surface area contributed by atoms with Gasteiger partial charge in [-0.1, -0.05) is 48.5 Å². The van der Waals surface area contributed by atoms with Crippen LogP contribution in [0, 0.1) is 0 Å². The average molecular weight is 353 g/mol. The number of cyclic esters (lactones) is 1. The number of benzene rings is 2. The largest absolute Gasteiger partial charge is 0.450 e. The van der Waals surface area contributed by atoms with Crippen LogP contribution in [0.2, 0.25) is 0 Å². The predicted molar refractivity (Wildman–Crippen MR) is 93.2 cm³/mol. The van der Waals surface area contributed by atoms with Gasteiger partial charge in [-0.05, 0) is 24.1 Å². The van der Waals surface area contributed by atoms with Gasteiger partial charge in [-0.2, -0.15) is 0 Å². The third kappa shape index (κ3) is 4.08. The van der Waals surface area contributed by atoms with Crippen LogP contribution in [0.25, 0.3) is 0 Å². The maximum Gasteiger partial charge on any atom is 0.348 e. The van der Waals surface area contributed by atoms with Gasteiger partial charge in [0.25, 0.3) is 5.91 Å². The fraction of sp³-hybridized carbons (Fsp3) is 0.250. The second-order valence-electron chi connectivity index (χ2n) is 6.04. The van der Waals surface area contributed by atoms with E-state index in [-0.39, 0.29) is 6.42 Å². The summed E-state index contributed by atoms with van der Waals surface area (Å²) in [4.78, 5) is 36.3. The Labute approximate surface area is 151 Å². The Hall–Kier alpha value is -3.15. The van der Waals surface area contributed by atoms with Crippen LogP contribution >= 0.6 is 0 Å². The Morgan fingerprint density at radius 3 is 2.62 bits per heavy atom. The number of hydrogen-bond donors (Lipinski definition) is 1. The van der Waals surface area contributed by atoms with Gasteiger partial charge in [0, 0.05) is 13.0 Å². The minimum absolute atomic E-state index is 0.235. The summed E-state index contributed by atoms with van der Waals surface area (Å²) >= 11 is 0. The molecule has 1 heterocycles. The number of esters is 2. The number of fused-ring (bicyclic) bond motifs is 1. The van der Waals surface area contributed by atoms with Crippen LogP contribution in [0.15, 0.2) is 54.6 Å². The highest BCUT2D eigenvalue weighted by molar-refractivity contribution is 5.95. The van der Waals surface area contributed by atoms with Gasteiger partial charge in [-0.3, -0.25) is 4.79 Å². The average Bonchev–Trinajstić information content (AvgIpc) is 2.66. The summed E-state index contributed by atoms with van der Waals surface area (Å²) < 4.78 is 10.3. The smallest absolute Gasteiger partial charge is 0.348 e. The van der Waals surface area contributed by atoms with E-state index < -0.39 is 30.1 Å². The van der Waals surface area contributed by atoms with Crippen LogP contribution in [0.4, 0.5) is 0 Å². The molecule has 0 fully saturated rings. The summed E-state index contributed by atoms with van der Waals surface area (Å²) in [6.07, 6.45) is -1.79. The molecule has 0 saturated heterocycles. The number of carbonyl (C=O) groups is 3. The van der Waals surface area contributed by atoms with Crippen LogP contribution < -0.4 is 5.32 Å². The van der Waals surface area contributed by atoms with Crippen molar-refractivity contribution in [2.75, 3.05) is 0 Å². The molecule has 0 saturated carbocycles. The molecule has 2 atom stereocenters. The first kappa shape index (κ1) is 17.7. The summed E-state index contributed by atoms with van der Waals surface area (Å²) in [5, 5.41) is 2.71. The SMILES string of the molecule is C[C@H](OC(=O)[C@H]1Cc2ccccc2C(=O)O1)C(=O)NCc1ccccc1. The van der Waals surface area contributed by atoms with Crippen molar-refractivity contribution in [3.05, 3.63) is 71.3 Å². The molecule has 134 valence electrons. The van der Waals surface area contributed by atoms with Crippen LogP contribution in [-0.4, -0.2) is 30.1 Å². The molecule has 3 rings (SSSR count). The summed E-state index contributed by atoms with van der Waals surface area (Å²) in [6.45, 7) is 1.82. The zero-order valence-corrected chi connectivity index (χ0v) is 14.3. The minimum atomic E-state index is -1.04. The molecule has 1 N–H and O–H groups in total. The van der Waals surface area contributed by atoms with Crippen LogP contribution in [-0.2, 0) is 32.0 Å². The van der Waals surface area contributed by atoms with Gasteiger partial charge in [0.05, 0.1) is 5.56 Å². The Bertz CT molecular complexity index is 818. The Kier molecular flexibility index (Phi) is 5.31.